The molecule has 0 bridgehead atoms. The first-order valence-electron chi connectivity index (χ1n) is 11.6. The number of ether oxygens (including phenoxy) is 3. The zero-order valence-corrected chi connectivity index (χ0v) is 21.8. The van der Waals surface area contributed by atoms with Gasteiger partial charge in [0, 0.05) is 31.7 Å². The van der Waals surface area contributed by atoms with E-state index in [-0.39, 0.29) is 22.8 Å². The van der Waals surface area contributed by atoms with Crippen molar-refractivity contribution in [3.8, 4) is 17.2 Å². The average molecular weight is 561 g/mol. The topological polar surface area (TPSA) is 109 Å². The normalized spacial score (nSPS) is 20.1. The van der Waals surface area contributed by atoms with Crippen LogP contribution in [-0.4, -0.2) is 85.3 Å². The van der Waals surface area contributed by atoms with Crippen molar-refractivity contribution in [1.82, 2.24) is 9.80 Å². The number of halogens is 1. The quantitative estimate of drug-likeness (QED) is 0.287. The van der Waals surface area contributed by atoms with Gasteiger partial charge in [-0.15, -0.1) is 0 Å². The lowest BCUT2D eigenvalue weighted by atomic mass is 9.95. The summed E-state index contributed by atoms with van der Waals surface area (Å²) in [5, 5.41) is 21.6. The Labute approximate surface area is 218 Å². The average Bonchev–Trinajstić information content (AvgIpc) is 3.15. The Morgan fingerprint density at radius 2 is 1.86 bits per heavy atom. The van der Waals surface area contributed by atoms with Crippen LogP contribution in [0.2, 0.25) is 0 Å². The summed E-state index contributed by atoms with van der Waals surface area (Å²) in [6, 6.07) is 9.00. The van der Waals surface area contributed by atoms with Crippen LogP contribution in [0.25, 0.3) is 5.76 Å². The largest absolute Gasteiger partial charge is 0.507 e. The predicted octanol–water partition coefficient (Wildman–Crippen LogP) is 3.32. The van der Waals surface area contributed by atoms with Gasteiger partial charge in [-0.1, -0.05) is 12.1 Å². The number of morpholine rings is 1. The van der Waals surface area contributed by atoms with Gasteiger partial charge in [-0.2, -0.15) is 0 Å². The van der Waals surface area contributed by atoms with Crippen LogP contribution in [0, 0.1) is 0 Å². The van der Waals surface area contributed by atoms with E-state index in [0.29, 0.717) is 47.5 Å². The zero-order valence-electron chi connectivity index (χ0n) is 20.2. The Kier molecular flexibility index (Phi) is 8.17. The van der Waals surface area contributed by atoms with E-state index in [4.69, 9.17) is 14.2 Å². The van der Waals surface area contributed by atoms with Gasteiger partial charge in [0.1, 0.15) is 11.5 Å². The number of methoxy groups -OCH3 is 2. The van der Waals surface area contributed by atoms with Crippen molar-refractivity contribution in [2.45, 2.75) is 12.5 Å². The molecule has 2 aliphatic heterocycles. The molecule has 2 aliphatic rings. The number of aliphatic hydroxyl groups is 1. The first-order valence-corrected chi connectivity index (χ1v) is 12.4. The van der Waals surface area contributed by atoms with Gasteiger partial charge in [0.05, 0.1) is 43.5 Å². The minimum Gasteiger partial charge on any atom is -0.507 e. The second-order valence-electron chi connectivity index (χ2n) is 8.59. The molecule has 2 saturated heterocycles. The predicted molar refractivity (Wildman–Crippen MR) is 136 cm³/mol. The number of hydrogen-bond acceptors (Lipinski definition) is 8. The van der Waals surface area contributed by atoms with Gasteiger partial charge in [-0.3, -0.25) is 14.5 Å². The Bertz CT molecular complexity index is 1180. The summed E-state index contributed by atoms with van der Waals surface area (Å²) in [6.07, 6.45) is 0.638. The second kappa shape index (κ2) is 11.3. The summed E-state index contributed by atoms with van der Waals surface area (Å²) in [5.74, 6) is -1.16. The summed E-state index contributed by atoms with van der Waals surface area (Å²) in [7, 11) is 2.92. The molecule has 2 aromatic rings. The first-order chi connectivity index (χ1) is 17.3. The van der Waals surface area contributed by atoms with Crippen LogP contribution in [0.3, 0.4) is 0 Å². The van der Waals surface area contributed by atoms with E-state index in [9.17, 15) is 19.8 Å². The van der Waals surface area contributed by atoms with Gasteiger partial charge >= 0.3 is 0 Å². The van der Waals surface area contributed by atoms with E-state index in [2.05, 4.69) is 20.8 Å². The molecule has 1 atom stereocenters. The molecule has 2 N–H and O–H groups in total. The third kappa shape index (κ3) is 5.21. The molecular formula is C26H29BrN2O7. The molecule has 36 heavy (non-hydrogen) atoms. The van der Waals surface area contributed by atoms with Crippen LogP contribution in [0.1, 0.15) is 23.6 Å². The van der Waals surface area contributed by atoms with Gasteiger partial charge < -0.3 is 29.3 Å². The van der Waals surface area contributed by atoms with E-state index in [1.54, 1.807) is 36.4 Å². The van der Waals surface area contributed by atoms with Crippen molar-refractivity contribution in [3.63, 3.8) is 0 Å². The molecule has 1 amide bonds. The number of likely N-dealkylation sites (tertiary alicyclic amines) is 1. The molecule has 4 rings (SSSR count). The SMILES string of the molecule is COc1cccc(C(O)=C2C(=O)C(=O)N(CCCN3CCOCC3)C2c2cc(Br)c(O)c(OC)c2)c1. The van der Waals surface area contributed by atoms with Gasteiger partial charge in [-0.25, -0.2) is 0 Å². The molecule has 0 radical (unpaired) electrons. The van der Waals surface area contributed by atoms with Gasteiger partial charge in [0.2, 0.25) is 0 Å². The fourth-order valence-corrected chi connectivity index (χ4v) is 5.04. The number of aromatic hydroxyl groups is 1. The Balaban J connectivity index is 1.75. The molecule has 10 heteroatoms. The molecule has 0 saturated carbocycles. The van der Waals surface area contributed by atoms with E-state index in [0.717, 1.165) is 19.6 Å². The minimum atomic E-state index is -0.869. The first kappa shape index (κ1) is 26.0. The van der Waals surface area contributed by atoms with Crippen LogP contribution < -0.4 is 9.47 Å². The van der Waals surface area contributed by atoms with E-state index in [1.807, 2.05) is 0 Å². The fourth-order valence-electron chi connectivity index (χ4n) is 4.58. The van der Waals surface area contributed by atoms with Crippen LogP contribution in [-0.2, 0) is 14.3 Å². The summed E-state index contributed by atoms with van der Waals surface area (Å²) in [6.45, 7) is 4.04. The molecule has 0 aliphatic carbocycles. The lowest BCUT2D eigenvalue weighted by Crippen LogP contribution is -2.39. The highest BCUT2D eigenvalue weighted by Crippen LogP contribution is 2.44. The maximum absolute atomic E-state index is 13.3. The zero-order chi connectivity index (χ0) is 25.8. The Hall–Kier alpha value is -3.08. The standard InChI is InChI=1S/C26H29BrN2O7/c1-34-18-6-3-5-16(13-18)23(30)21-22(17-14-19(27)24(31)20(15-17)35-2)29(26(33)25(21)32)8-4-7-28-9-11-36-12-10-28/h3,5-6,13-15,22,30-31H,4,7-12H2,1-2H3. The number of carbonyl (C=O) groups is 2. The molecule has 2 heterocycles. The monoisotopic (exact) mass is 560 g/mol. The molecule has 0 aromatic heterocycles. The maximum Gasteiger partial charge on any atom is 0.295 e. The highest BCUT2D eigenvalue weighted by Gasteiger charge is 2.46. The van der Waals surface area contributed by atoms with Crippen molar-refractivity contribution < 1.29 is 34.0 Å². The van der Waals surface area contributed by atoms with Crippen molar-refractivity contribution >= 4 is 33.4 Å². The number of Topliss-reactive ketones (excluding diaryl/α,β-unsaturated/α-hetero) is 1. The van der Waals surface area contributed by atoms with Gasteiger partial charge in [-0.05, 0) is 52.2 Å². The molecule has 192 valence electrons. The van der Waals surface area contributed by atoms with Crippen molar-refractivity contribution in [3.05, 3.63) is 57.6 Å². The van der Waals surface area contributed by atoms with E-state index < -0.39 is 17.7 Å². The third-order valence-corrected chi connectivity index (χ3v) is 7.05. The van der Waals surface area contributed by atoms with Crippen molar-refractivity contribution in [2.24, 2.45) is 0 Å². The van der Waals surface area contributed by atoms with Gasteiger partial charge in [0.25, 0.3) is 11.7 Å². The molecule has 2 fully saturated rings. The van der Waals surface area contributed by atoms with Crippen LogP contribution in [0.15, 0.2) is 46.4 Å². The molecule has 2 aromatic carbocycles. The number of amides is 1. The Morgan fingerprint density at radius 3 is 2.56 bits per heavy atom. The summed E-state index contributed by atoms with van der Waals surface area (Å²) in [5.41, 5.74) is 0.848. The highest BCUT2D eigenvalue weighted by molar-refractivity contribution is 9.10. The van der Waals surface area contributed by atoms with Crippen LogP contribution in [0.4, 0.5) is 0 Å². The highest BCUT2D eigenvalue weighted by atomic mass is 79.9. The molecule has 1 unspecified atom stereocenters. The van der Waals surface area contributed by atoms with E-state index >= 15 is 0 Å². The third-order valence-electron chi connectivity index (χ3n) is 6.45. The number of nitrogens with zero attached hydrogens (tertiary/aromatic N) is 2. The van der Waals surface area contributed by atoms with Gasteiger partial charge in [0.15, 0.2) is 11.5 Å². The number of aliphatic hydroxyl groups excluding tert-OH is 1. The van der Waals surface area contributed by atoms with E-state index in [1.165, 1.54) is 19.1 Å². The molecule has 0 spiro atoms. The number of rotatable bonds is 8. The smallest absolute Gasteiger partial charge is 0.295 e. The fraction of sp³-hybridized carbons (Fsp3) is 0.385. The number of hydrogen-bond donors (Lipinski definition) is 2. The minimum absolute atomic E-state index is 0.0285. The van der Waals surface area contributed by atoms with Crippen LogP contribution in [0.5, 0.6) is 17.2 Å². The number of ketones is 1. The summed E-state index contributed by atoms with van der Waals surface area (Å²) >= 11 is 3.33. The Morgan fingerprint density at radius 1 is 1.11 bits per heavy atom. The number of phenols is 1. The lowest BCUT2D eigenvalue weighted by molar-refractivity contribution is -0.140. The van der Waals surface area contributed by atoms with Crippen molar-refractivity contribution in [1.29, 1.82) is 0 Å². The van der Waals surface area contributed by atoms with Crippen molar-refractivity contribution in [2.75, 3.05) is 53.6 Å². The summed E-state index contributed by atoms with van der Waals surface area (Å²) in [4.78, 5) is 30.2. The second-order valence-corrected chi connectivity index (χ2v) is 9.44. The maximum atomic E-state index is 13.3. The van der Waals surface area contributed by atoms with Crippen LogP contribution >= 0.6 is 15.9 Å². The lowest BCUT2D eigenvalue weighted by Gasteiger charge is -2.29. The molecular weight excluding hydrogens is 532 g/mol. The number of phenolic OH excluding ortho intramolecular Hbond substituents is 1. The number of carbonyl (C=O) groups excluding carboxylic acids is 2. The number of benzene rings is 2. The molecule has 9 nitrogen and oxygen atoms in total. The summed E-state index contributed by atoms with van der Waals surface area (Å²) < 4.78 is 16.3.